The van der Waals surface area contributed by atoms with Crippen LogP contribution in [-0.2, 0) is 23.8 Å². The molecule has 1 atom stereocenters. The Balaban J connectivity index is 2.66. The van der Waals surface area contributed by atoms with Gasteiger partial charge in [-0.3, -0.25) is 10.1 Å². The van der Waals surface area contributed by atoms with Gasteiger partial charge in [0.25, 0.3) is 5.69 Å². The molecule has 2 rings (SSSR count). The Kier molecular flexibility index (Phi) is 6.89. The van der Waals surface area contributed by atoms with E-state index in [4.69, 9.17) is 14.2 Å². The second kappa shape index (κ2) is 9.14. The number of carbonyl (C=O) groups is 2. The number of nitrogens with one attached hydrogen (secondary N) is 1. The first kappa shape index (κ1) is 21.1. The molecule has 1 aliphatic rings. The van der Waals surface area contributed by atoms with Crippen molar-refractivity contribution in [2.45, 2.75) is 19.8 Å². The van der Waals surface area contributed by atoms with Crippen molar-refractivity contribution in [3.63, 3.8) is 0 Å². The lowest BCUT2D eigenvalue weighted by molar-refractivity contribution is -0.385. The molecule has 9 heteroatoms. The summed E-state index contributed by atoms with van der Waals surface area (Å²) in [5, 5.41) is 14.5. The number of allylic oxidation sites excluding steroid dienone is 2. The largest absolute Gasteiger partial charge is 0.466 e. The monoisotopic (exact) mass is 390 g/mol. The van der Waals surface area contributed by atoms with Crippen LogP contribution in [-0.4, -0.2) is 44.3 Å². The second-order valence-corrected chi connectivity index (χ2v) is 6.07. The van der Waals surface area contributed by atoms with Crippen molar-refractivity contribution in [3.8, 4) is 0 Å². The van der Waals surface area contributed by atoms with Gasteiger partial charge in [0.05, 0.1) is 35.7 Å². The van der Waals surface area contributed by atoms with Crippen LogP contribution >= 0.6 is 0 Å². The Bertz CT molecular complexity index is 858. The fraction of sp³-hybridized carbons (Fsp3) is 0.368. The van der Waals surface area contributed by atoms with E-state index < -0.39 is 22.8 Å². The van der Waals surface area contributed by atoms with Gasteiger partial charge in [-0.1, -0.05) is 18.2 Å². The summed E-state index contributed by atoms with van der Waals surface area (Å²) in [4.78, 5) is 36.3. The molecule has 28 heavy (non-hydrogen) atoms. The maximum absolute atomic E-state index is 12.8. The minimum Gasteiger partial charge on any atom is -0.466 e. The van der Waals surface area contributed by atoms with Crippen LogP contribution in [0.1, 0.15) is 25.3 Å². The zero-order valence-corrected chi connectivity index (χ0v) is 16.1. The number of carbonyl (C=O) groups excluding carboxylic acids is 2. The number of nitro benzene ring substituents is 1. The van der Waals surface area contributed by atoms with Crippen LogP contribution < -0.4 is 5.32 Å². The molecule has 9 nitrogen and oxygen atoms in total. The number of ether oxygens (including phenoxy) is 3. The Hall–Kier alpha value is -3.20. The number of hydrogen-bond acceptors (Lipinski definition) is 8. The number of esters is 2. The van der Waals surface area contributed by atoms with E-state index in [2.05, 4.69) is 5.32 Å². The van der Waals surface area contributed by atoms with Crippen LogP contribution in [0.3, 0.4) is 0 Å². The Labute approximate surface area is 162 Å². The Morgan fingerprint density at radius 1 is 1.07 bits per heavy atom. The standard InChI is InChI=1S/C19H22N2O7/c1-11-15(18(22)27-4)17(13-7-5-6-8-14(13)21(24)25)16(12(2)20-11)19(23)28-10-9-26-3/h5-8,17,20H,9-10H2,1-4H3. The van der Waals surface area contributed by atoms with Gasteiger partial charge in [-0.15, -0.1) is 0 Å². The molecular formula is C19H22N2O7. The van der Waals surface area contributed by atoms with Crippen molar-refractivity contribution >= 4 is 17.6 Å². The molecule has 1 unspecified atom stereocenters. The first-order valence-corrected chi connectivity index (χ1v) is 8.49. The molecular weight excluding hydrogens is 368 g/mol. The molecule has 0 bridgehead atoms. The quantitative estimate of drug-likeness (QED) is 0.326. The molecule has 0 amide bonds. The van der Waals surface area contributed by atoms with Crippen LogP contribution in [0.4, 0.5) is 5.69 Å². The van der Waals surface area contributed by atoms with Gasteiger partial charge in [-0.2, -0.15) is 0 Å². The van der Waals surface area contributed by atoms with Crippen LogP contribution in [0.2, 0.25) is 0 Å². The number of hydrogen-bond donors (Lipinski definition) is 1. The van der Waals surface area contributed by atoms with Crippen molar-refractivity contribution < 1.29 is 28.7 Å². The molecule has 0 saturated carbocycles. The fourth-order valence-electron chi connectivity index (χ4n) is 3.15. The molecule has 0 aromatic heterocycles. The molecule has 1 N–H and O–H groups in total. The van der Waals surface area contributed by atoms with Gasteiger partial charge in [0, 0.05) is 30.1 Å². The zero-order chi connectivity index (χ0) is 20.8. The molecule has 0 spiro atoms. The minimum absolute atomic E-state index is 0.00592. The van der Waals surface area contributed by atoms with Crippen molar-refractivity contribution in [3.05, 3.63) is 62.5 Å². The Morgan fingerprint density at radius 2 is 1.68 bits per heavy atom. The van der Waals surface area contributed by atoms with Gasteiger partial charge in [0.1, 0.15) is 6.61 Å². The molecule has 1 aliphatic heterocycles. The maximum Gasteiger partial charge on any atom is 0.336 e. The van der Waals surface area contributed by atoms with Crippen LogP contribution in [0, 0.1) is 10.1 Å². The molecule has 0 aliphatic carbocycles. The predicted octanol–water partition coefficient (Wildman–Crippen LogP) is 2.19. The highest BCUT2D eigenvalue weighted by atomic mass is 16.6. The topological polar surface area (TPSA) is 117 Å². The van der Waals surface area contributed by atoms with Crippen LogP contribution in [0.5, 0.6) is 0 Å². The van der Waals surface area contributed by atoms with E-state index in [9.17, 15) is 19.7 Å². The molecule has 1 aromatic carbocycles. The summed E-state index contributed by atoms with van der Waals surface area (Å²) >= 11 is 0. The predicted molar refractivity (Wildman–Crippen MR) is 99.2 cm³/mol. The van der Waals surface area contributed by atoms with Crippen molar-refractivity contribution in [1.29, 1.82) is 0 Å². The van der Waals surface area contributed by atoms with Gasteiger partial charge in [-0.25, -0.2) is 9.59 Å². The number of methoxy groups -OCH3 is 2. The summed E-state index contributed by atoms with van der Waals surface area (Å²) in [6, 6.07) is 5.97. The first-order valence-electron chi connectivity index (χ1n) is 8.49. The van der Waals surface area contributed by atoms with Crippen LogP contribution in [0.15, 0.2) is 46.8 Å². The summed E-state index contributed by atoms with van der Waals surface area (Å²) in [6.07, 6.45) is 0. The lowest BCUT2D eigenvalue weighted by Crippen LogP contribution is -2.32. The van der Waals surface area contributed by atoms with Gasteiger partial charge in [0.15, 0.2) is 0 Å². The maximum atomic E-state index is 12.8. The lowest BCUT2D eigenvalue weighted by atomic mass is 9.79. The molecule has 0 saturated heterocycles. The average Bonchev–Trinajstić information content (AvgIpc) is 2.66. The average molecular weight is 390 g/mol. The number of nitro groups is 1. The van der Waals surface area contributed by atoms with Gasteiger partial charge < -0.3 is 19.5 Å². The van der Waals surface area contributed by atoms with Crippen molar-refractivity contribution in [2.24, 2.45) is 0 Å². The zero-order valence-electron chi connectivity index (χ0n) is 16.1. The summed E-state index contributed by atoms with van der Waals surface area (Å²) in [5.41, 5.74) is 1.10. The van der Waals surface area contributed by atoms with Gasteiger partial charge >= 0.3 is 11.9 Å². The highest BCUT2D eigenvalue weighted by molar-refractivity contribution is 6.00. The summed E-state index contributed by atoms with van der Waals surface area (Å²) < 4.78 is 15.0. The SMILES string of the molecule is COCCOC(=O)C1=C(C)NC(C)=C(C(=O)OC)C1c1ccccc1[N+](=O)[O-]. The third-order valence-electron chi connectivity index (χ3n) is 4.35. The number of dihydropyridines is 1. The van der Waals surface area contributed by atoms with Gasteiger partial charge in [0.2, 0.25) is 0 Å². The van der Waals surface area contributed by atoms with E-state index in [0.29, 0.717) is 11.4 Å². The number of benzene rings is 1. The molecule has 1 heterocycles. The highest BCUT2D eigenvalue weighted by Gasteiger charge is 2.40. The molecule has 1 aromatic rings. The smallest absolute Gasteiger partial charge is 0.336 e. The van der Waals surface area contributed by atoms with Gasteiger partial charge in [-0.05, 0) is 13.8 Å². The normalized spacial score (nSPS) is 16.5. The van der Waals surface area contributed by atoms with Crippen molar-refractivity contribution in [1.82, 2.24) is 5.32 Å². The van der Waals surface area contributed by atoms with E-state index >= 15 is 0 Å². The highest BCUT2D eigenvalue weighted by Crippen LogP contribution is 2.42. The molecule has 0 radical (unpaired) electrons. The molecule has 0 fully saturated rings. The third kappa shape index (κ3) is 4.20. The van der Waals surface area contributed by atoms with Crippen molar-refractivity contribution in [2.75, 3.05) is 27.4 Å². The Morgan fingerprint density at radius 3 is 2.25 bits per heavy atom. The summed E-state index contributed by atoms with van der Waals surface area (Å²) in [5.74, 6) is -2.40. The van der Waals surface area contributed by atoms with E-state index in [0.717, 1.165) is 0 Å². The van der Waals surface area contributed by atoms with E-state index in [1.165, 1.54) is 32.4 Å². The number of nitrogens with zero attached hydrogens (tertiary/aromatic N) is 1. The molecule has 150 valence electrons. The number of rotatable bonds is 7. The van der Waals surface area contributed by atoms with E-state index in [1.54, 1.807) is 19.9 Å². The van der Waals surface area contributed by atoms with Crippen LogP contribution in [0.25, 0.3) is 0 Å². The fourth-order valence-corrected chi connectivity index (χ4v) is 3.15. The third-order valence-corrected chi connectivity index (χ3v) is 4.35. The minimum atomic E-state index is -1.01. The lowest BCUT2D eigenvalue weighted by Gasteiger charge is -2.30. The second-order valence-electron chi connectivity index (χ2n) is 6.07. The number of para-hydroxylation sites is 1. The summed E-state index contributed by atoms with van der Waals surface area (Å²) in [7, 11) is 2.68. The summed E-state index contributed by atoms with van der Waals surface area (Å²) in [6.45, 7) is 3.49. The first-order chi connectivity index (χ1) is 13.3. The van der Waals surface area contributed by atoms with E-state index in [1.807, 2.05) is 0 Å². The van der Waals surface area contributed by atoms with E-state index in [-0.39, 0.29) is 35.6 Å².